The number of rotatable bonds is 5. The summed E-state index contributed by atoms with van der Waals surface area (Å²) in [6.07, 6.45) is 0.289. The molecule has 3 aromatic rings. The van der Waals surface area contributed by atoms with E-state index in [1.165, 1.54) is 12.1 Å². The largest absolute Gasteiger partial charge is 0.483 e. The van der Waals surface area contributed by atoms with Crippen LogP contribution < -0.4 is 10.1 Å². The molecule has 0 radical (unpaired) electrons. The molecule has 0 saturated heterocycles. The molecule has 0 aliphatic carbocycles. The quantitative estimate of drug-likeness (QED) is 0.559. The van der Waals surface area contributed by atoms with Gasteiger partial charge in [0.15, 0.2) is 16.6 Å². The number of para-hydroxylation sites is 1. The van der Waals surface area contributed by atoms with Crippen LogP contribution in [0.2, 0.25) is 0 Å². The molecule has 2 heterocycles. The number of anilines is 1. The molecule has 8 nitrogen and oxygen atoms in total. The van der Waals surface area contributed by atoms with Gasteiger partial charge in [0.1, 0.15) is 12.2 Å². The molecule has 1 N–H and O–H groups in total. The van der Waals surface area contributed by atoms with Gasteiger partial charge in [0.2, 0.25) is 5.13 Å². The maximum atomic E-state index is 13.7. The van der Waals surface area contributed by atoms with Crippen molar-refractivity contribution in [2.45, 2.75) is 45.9 Å². The van der Waals surface area contributed by atoms with Gasteiger partial charge in [-0.25, -0.2) is 9.18 Å². The highest BCUT2D eigenvalue weighted by atomic mass is 32.1. The van der Waals surface area contributed by atoms with E-state index in [2.05, 4.69) is 15.5 Å². The summed E-state index contributed by atoms with van der Waals surface area (Å²) < 4.78 is 24.5. The first-order valence-corrected chi connectivity index (χ1v) is 11.6. The Morgan fingerprint density at radius 2 is 1.94 bits per heavy atom. The van der Waals surface area contributed by atoms with Crippen LogP contribution in [0.5, 0.6) is 5.75 Å². The minimum atomic E-state index is -0.548. The second kappa shape index (κ2) is 9.76. The number of fused-ring (bicyclic) bond motifs is 1. The summed E-state index contributed by atoms with van der Waals surface area (Å²) in [6, 6.07) is 11.5. The van der Waals surface area contributed by atoms with Gasteiger partial charge >= 0.3 is 6.09 Å². The van der Waals surface area contributed by atoms with E-state index in [1.807, 2.05) is 32.9 Å². The lowest BCUT2D eigenvalue weighted by Gasteiger charge is -2.31. The van der Waals surface area contributed by atoms with Crippen molar-refractivity contribution in [1.82, 2.24) is 15.1 Å². The van der Waals surface area contributed by atoms with Gasteiger partial charge in [-0.05, 0) is 62.6 Å². The highest BCUT2D eigenvalue weighted by Gasteiger charge is 2.26. The lowest BCUT2D eigenvalue weighted by Crippen LogP contribution is -2.39. The number of hydrogen-bond acceptors (Lipinski definition) is 7. The maximum Gasteiger partial charge on any atom is 0.410 e. The first-order valence-electron chi connectivity index (χ1n) is 10.8. The third-order valence-electron chi connectivity index (χ3n) is 5.01. The third-order valence-corrected chi connectivity index (χ3v) is 5.82. The van der Waals surface area contributed by atoms with Gasteiger partial charge in [0, 0.05) is 18.7 Å². The summed E-state index contributed by atoms with van der Waals surface area (Å²) in [5.41, 5.74) is 1.94. The number of ether oxygens (including phenoxy) is 2. The number of carbonyl (C=O) groups is 2. The molecule has 0 atom stereocenters. The Morgan fingerprint density at radius 3 is 2.71 bits per heavy atom. The Balaban J connectivity index is 1.35. The number of amides is 2. The van der Waals surface area contributed by atoms with E-state index in [9.17, 15) is 14.0 Å². The standard InChI is InChI=1S/C24H25FN4O4S/c1-24(2,3)33-23(31)29-11-10-15-12-16(8-9-17(15)13-29)21(30)26-22-28-27-20(34-22)14-32-19-7-5-4-6-18(19)25/h4-9,12H,10-11,13-14H2,1-3H3,(H,26,28,30). The monoisotopic (exact) mass is 484 g/mol. The van der Waals surface area contributed by atoms with E-state index in [1.54, 1.807) is 23.1 Å². The van der Waals surface area contributed by atoms with Crippen molar-refractivity contribution in [2.75, 3.05) is 11.9 Å². The summed E-state index contributed by atoms with van der Waals surface area (Å²) in [5.74, 6) is -0.639. The normalized spacial score (nSPS) is 13.2. The van der Waals surface area contributed by atoms with E-state index in [0.717, 1.165) is 22.5 Å². The SMILES string of the molecule is CC(C)(C)OC(=O)N1CCc2cc(C(=O)Nc3nnc(COc4ccccc4F)s3)ccc2C1. The highest BCUT2D eigenvalue weighted by molar-refractivity contribution is 7.15. The lowest BCUT2D eigenvalue weighted by molar-refractivity contribution is 0.0224. The van der Waals surface area contributed by atoms with Gasteiger partial charge in [0.25, 0.3) is 5.91 Å². The molecule has 1 aliphatic rings. The van der Waals surface area contributed by atoms with Crippen LogP contribution in [0.4, 0.5) is 14.3 Å². The third kappa shape index (κ3) is 5.88. The van der Waals surface area contributed by atoms with E-state index in [-0.39, 0.29) is 24.4 Å². The number of benzene rings is 2. The minimum absolute atomic E-state index is 0.0431. The van der Waals surface area contributed by atoms with Crippen molar-refractivity contribution in [3.63, 3.8) is 0 Å². The summed E-state index contributed by atoms with van der Waals surface area (Å²) in [4.78, 5) is 26.7. The summed E-state index contributed by atoms with van der Waals surface area (Å²) in [6.45, 7) is 6.52. The van der Waals surface area contributed by atoms with Gasteiger partial charge in [-0.1, -0.05) is 29.5 Å². The predicted octanol–water partition coefficient (Wildman–Crippen LogP) is 4.80. The number of halogens is 1. The van der Waals surface area contributed by atoms with Crippen molar-refractivity contribution >= 4 is 28.5 Å². The molecule has 178 valence electrons. The van der Waals surface area contributed by atoms with Crippen molar-refractivity contribution in [1.29, 1.82) is 0 Å². The molecule has 4 rings (SSSR count). The topological polar surface area (TPSA) is 93.7 Å². The molecule has 0 bridgehead atoms. The van der Waals surface area contributed by atoms with Crippen molar-refractivity contribution < 1.29 is 23.5 Å². The number of nitrogens with one attached hydrogen (secondary N) is 1. The zero-order valence-corrected chi connectivity index (χ0v) is 19.9. The second-order valence-electron chi connectivity index (χ2n) is 8.81. The molecule has 0 unspecified atom stereocenters. The van der Waals surface area contributed by atoms with Crippen molar-refractivity contribution in [3.05, 3.63) is 70.0 Å². The van der Waals surface area contributed by atoms with Crippen molar-refractivity contribution in [3.8, 4) is 5.75 Å². The van der Waals surface area contributed by atoms with E-state index in [0.29, 0.717) is 35.2 Å². The Hall–Kier alpha value is -3.53. The minimum Gasteiger partial charge on any atom is -0.483 e. The molecule has 34 heavy (non-hydrogen) atoms. The Bertz CT molecular complexity index is 1210. The average Bonchev–Trinajstić information content (AvgIpc) is 3.24. The number of hydrogen-bond donors (Lipinski definition) is 1. The molecular formula is C24H25FN4O4S. The van der Waals surface area contributed by atoms with E-state index in [4.69, 9.17) is 9.47 Å². The molecule has 2 aromatic carbocycles. The molecule has 0 spiro atoms. The molecule has 0 fully saturated rings. The van der Waals surface area contributed by atoms with Crippen LogP contribution in [0.3, 0.4) is 0 Å². The zero-order valence-electron chi connectivity index (χ0n) is 19.1. The molecule has 1 aromatic heterocycles. The Kier molecular flexibility index (Phi) is 6.78. The van der Waals surface area contributed by atoms with Gasteiger partial charge in [0.05, 0.1) is 0 Å². The fourth-order valence-corrected chi connectivity index (χ4v) is 4.06. The number of nitrogens with zero attached hydrogens (tertiary/aromatic N) is 3. The summed E-state index contributed by atoms with van der Waals surface area (Å²) in [7, 11) is 0. The number of carbonyl (C=O) groups excluding carboxylic acids is 2. The zero-order chi connectivity index (χ0) is 24.3. The fourth-order valence-electron chi connectivity index (χ4n) is 3.41. The van der Waals surface area contributed by atoms with Gasteiger partial charge in [-0.2, -0.15) is 0 Å². The van der Waals surface area contributed by atoms with Crippen LogP contribution >= 0.6 is 11.3 Å². The number of aromatic nitrogens is 2. The van der Waals surface area contributed by atoms with E-state index < -0.39 is 11.4 Å². The molecule has 2 amide bonds. The average molecular weight is 485 g/mol. The maximum absolute atomic E-state index is 13.7. The summed E-state index contributed by atoms with van der Waals surface area (Å²) >= 11 is 1.16. The highest BCUT2D eigenvalue weighted by Crippen LogP contribution is 2.24. The Labute approximate surface area is 200 Å². The van der Waals surface area contributed by atoms with Crippen LogP contribution in [0.1, 0.15) is 47.3 Å². The Morgan fingerprint density at radius 1 is 1.15 bits per heavy atom. The van der Waals surface area contributed by atoms with Crippen LogP contribution in [0, 0.1) is 5.82 Å². The molecule has 10 heteroatoms. The van der Waals surface area contributed by atoms with Crippen LogP contribution in [0.15, 0.2) is 42.5 Å². The molecule has 0 saturated carbocycles. The van der Waals surface area contributed by atoms with Crippen molar-refractivity contribution in [2.24, 2.45) is 0 Å². The molecular weight excluding hydrogens is 459 g/mol. The second-order valence-corrected chi connectivity index (χ2v) is 9.87. The predicted molar refractivity (Wildman–Crippen MR) is 125 cm³/mol. The van der Waals surface area contributed by atoms with Gasteiger partial charge in [-0.3, -0.25) is 10.1 Å². The smallest absolute Gasteiger partial charge is 0.410 e. The first kappa shape index (κ1) is 23.6. The van der Waals surface area contributed by atoms with Crippen LogP contribution in [0.25, 0.3) is 0 Å². The van der Waals surface area contributed by atoms with Gasteiger partial charge in [-0.15, -0.1) is 10.2 Å². The van der Waals surface area contributed by atoms with E-state index >= 15 is 0 Å². The molecule has 1 aliphatic heterocycles. The van der Waals surface area contributed by atoms with Gasteiger partial charge < -0.3 is 14.4 Å². The summed E-state index contributed by atoms with van der Waals surface area (Å²) in [5, 5.41) is 11.5. The lowest BCUT2D eigenvalue weighted by atomic mass is 9.97. The first-order chi connectivity index (χ1) is 16.2. The van der Waals surface area contributed by atoms with Crippen LogP contribution in [-0.4, -0.2) is 39.2 Å². The van der Waals surface area contributed by atoms with Crippen LogP contribution in [-0.2, 0) is 24.3 Å². The fraction of sp³-hybridized carbons (Fsp3) is 0.333.